The van der Waals surface area contributed by atoms with Crippen LogP contribution < -0.4 is 19.6 Å². The number of rotatable bonds is 10. The van der Waals surface area contributed by atoms with E-state index in [2.05, 4.69) is 16.7 Å². The minimum absolute atomic E-state index is 0.0684. The van der Waals surface area contributed by atoms with E-state index in [0.29, 0.717) is 42.9 Å². The Bertz CT molecular complexity index is 2250. The van der Waals surface area contributed by atoms with Crippen LogP contribution in [-0.4, -0.2) is 41.5 Å². The fraction of sp³-hybridized carbons (Fsp3) is 0.270. The van der Waals surface area contributed by atoms with Crippen LogP contribution in [0.3, 0.4) is 0 Å². The van der Waals surface area contributed by atoms with Crippen molar-refractivity contribution in [2.24, 2.45) is 4.99 Å². The number of hydrogen-bond acceptors (Lipinski definition) is 7. The van der Waals surface area contributed by atoms with Gasteiger partial charge < -0.3 is 18.8 Å². The van der Waals surface area contributed by atoms with Gasteiger partial charge in [-0.15, -0.1) is 0 Å². The molecule has 0 amide bonds. The number of carbonyl (C=O) groups excluding carboxylic acids is 1. The Kier molecular flexibility index (Phi) is 9.94. The number of methoxy groups -OCH3 is 1. The number of ether oxygens (including phenoxy) is 3. The van der Waals surface area contributed by atoms with Gasteiger partial charge in [0, 0.05) is 41.4 Å². The third-order valence-electron chi connectivity index (χ3n) is 8.22. The molecule has 0 saturated heterocycles. The van der Waals surface area contributed by atoms with Crippen LogP contribution in [0.25, 0.3) is 17.0 Å². The first-order valence-corrected chi connectivity index (χ1v) is 17.1. The molecule has 1 aliphatic rings. The lowest BCUT2D eigenvalue weighted by Crippen LogP contribution is -2.40. The number of esters is 1. The van der Waals surface area contributed by atoms with E-state index in [1.807, 2.05) is 75.4 Å². The van der Waals surface area contributed by atoms with Crippen LogP contribution in [-0.2, 0) is 20.8 Å². The van der Waals surface area contributed by atoms with E-state index in [1.54, 1.807) is 17.6 Å². The second-order valence-corrected chi connectivity index (χ2v) is 13.6. The molecule has 0 bridgehead atoms. The van der Waals surface area contributed by atoms with Crippen molar-refractivity contribution in [3.8, 4) is 5.75 Å². The number of nitrogens with zero attached hydrogens (tertiary/aromatic N) is 3. The maximum Gasteiger partial charge on any atom is 0.338 e. The molecule has 0 radical (unpaired) electrons. The standard InChI is InChI=1S/C37H35Cl2N3O5S/c1-21(2)47-31-13-9-7-11-26(31)34-33(36(44)46-17-16-45-5)22(3)40-37-42(34)35(43)32(48-37)19-27-23(4)41(30-12-8-6-10-25(27)30)20-24-14-15-28(38)29(39)18-24/h6-15,18-19,21,34H,16-17,20H2,1-5H3/b32-19+/t34-/m0/s1. The predicted molar refractivity (Wildman–Crippen MR) is 191 cm³/mol. The van der Waals surface area contributed by atoms with Gasteiger partial charge in [0.1, 0.15) is 18.4 Å². The van der Waals surface area contributed by atoms with E-state index in [-0.39, 0.29) is 30.5 Å². The summed E-state index contributed by atoms with van der Waals surface area (Å²) in [6.07, 6.45) is 1.80. The lowest BCUT2D eigenvalue weighted by Gasteiger charge is -2.27. The first-order valence-electron chi connectivity index (χ1n) is 15.5. The summed E-state index contributed by atoms with van der Waals surface area (Å²) in [6, 6.07) is 20.4. The van der Waals surface area contributed by atoms with Crippen LogP contribution in [0.2, 0.25) is 10.0 Å². The molecule has 0 spiro atoms. The van der Waals surface area contributed by atoms with Crippen molar-refractivity contribution in [2.75, 3.05) is 20.3 Å². The van der Waals surface area contributed by atoms with Gasteiger partial charge in [-0.1, -0.05) is 77.0 Å². The lowest BCUT2D eigenvalue weighted by molar-refractivity contribution is -0.140. The molecule has 0 fully saturated rings. The van der Waals surface area contributed by atoms with Crippen LogP contribution in [0, 0.1) is 6.92 Å². The summed E-state index contributed by atoms with van der Waals surface area (Å²) in [5.74, 6) is 0.0123. The molecule has 2 aromatic heterocycles. The summed E-state index contributed by atoms with van der Waals surface area (Å²) < 4.78 is 21.2. The number of thiazole rings is 1. The number of fused-ring (bicyclic) bond motifs is 2. The zero-order chi connectivity index (χ0) is 34.1. The molecule has 48 heavy (non-hydrogen) atoms. The fourth-order valence-corrected chi connectivity index (χ4v) is 7.38. The van der Waals surface area contributed by atoms with Gasteiger partial charge in [-0.25, -0.2) is 9.79 Å². The predicted octanol–water partition coefficient (Wildman–Crippen LogP) is 6.83. The highest BCUT2D eigenvalue weighted by Crippen LogP contribution is 2.36. The number of halogens is 2. The summed E-state index contributed by atoms with van der Waals surface area (Å²) in [5.41, 5.74) is 5.09. The Hall–Kier alpha value is -4.15. The zero-order valence-electron chi connectivity index (χ0n) is 27.3. The highest BCUT2D eigenvalue weighted by molar-refractivity contribution is 7.07. The highest BCUT2D eigenvalue weighted by Gasteiger charge is 2.35. The van der Waals surface area contributed by atoms with Crippen molar-refractivity contribution in [3.05, 3.63) is 130 Å². The molecule has 0 unspecified atom stereocenters. The van der Waals surface area contributed by atoms with E-state index in [9.17, 15) is 9.59 Å². The van der Waals surface area contributed by atoms with Crippen molar-refractivity contribution in [1.29, 1.82) is 0 Å². The summed E-state index contributed by atoms with van der Waals surface area (Å²) in [6.45, 7) is 8.56. The van der Waals surface area contributed by atoms with Gasteiger partial charge in [0.2, 0.25) is 0 Å². The summed E-state index contributed by atoms with van der Waals surface area (Å²) in [5, 5.41) is 2.01. The first kappa shape index (κ1) is 33.7. The minimum atomic E-state index is -0.814. The van der Waals surface area contributed by atoms with Crippen LogP contribution in [0.1, 0.15) is 49.2 Å². The van der Waals surface area contributed by atoms with E-state index >= 15 is 0 Å². The van der Waals surface area contributed by atoms with Gasteiger partial charge in [-0.2, -0.15) is 0 Å². The zero-order valence-corrected chi connectivity index (χ0v) is 29.6. The number of allylic oxidation sites excluding steroid dienone is 1. The number of benzene rings is 3. The average Bonchev–Trinajstić information content (AvgIpc) is 3.50. The van der Waals surface area contributed by atoms with Crippen molar-refractivity contribution >= 4 is 57.5 Å². The number of hydrogen-bond donors (Lipinski definition) is 0. The monoisotopic (exact) mass is 703 g/mol. The highest BCUT2D eigenvalue weighted by atomic mass is 35.5. The van der Waals surface area contributed by atoms with E-state index in [0.717, 1.165) is 27.7 Å². The molecular weight excluding hydrogens is 669 g/mol. The smallest absolute Gasteiger partial charge is 0.338 e. The largest absolute Gasteiger partial charge is 0.491 e. The Morgan fingerprint density at radius 1 is 1.02 bits per heavy atom. The Morgan fingerprint density at radius 2 is 1.77 bits per heavy atom. The van der Waals surface area contributed by atoms with Crippen LogP contribution in [0.5, 0.6) is 5.75 Å². The van der Waals surface area contributed by atoms with Crippen molar-refractivity contribution in [2.45, 2.75) is 46.4 Å². The summed E-state index contributed by atoms with van der Waals surface area (Å²) in [4.78, 5) is 33.4. The maximum absolute atomic E-state index is 14.5. The van der Waals surface area contributed by atoms with Crippen molar-refractivity contribution in [1.82, 2.24) is 9.13 Å². The fourth-order valence-electron chi connectivity index (χ4n) is 6.04. The summed E-state index contributed by atoms with van der Waals surface area (Å²) in [7, 11) is 1.54. The Balaban J connectivity index is 1.53. The van der Waals surface area contributed by atoms with Crippen LogP contribution in [0.15, 0.2) is 87.8 Å². The van der Waals surface area contributed by atoms with Gasteiger partial charge >= 0.3 is 5.97 Å². The van der Waals surface area contributed by atoms with Crippen molar-refractivity contribution < 1.29 is 19.0 Å². The molecule has 1 aliphatic heterocycles. The minimum Gasteiger partial charge on any atom is -0.491 e. The molecule has 5 aromatic rings. The van der Waals surface area contributed by atoms with Gasteiger partial charge in [0.05, 0.1) is 38.6 Å². The second kappa shape index (κ2) is 14.1. The number of aromatic nitrogens is 2. The van der Waals surface area contributed by atoms with Crippen LogP contribution >= 0.6 is 34.5 Å². The Labute approximate surface area is 292 Å². The second-order valence-electron chi connectivity index (χ2n) is 11.8. The molecule has 8 nitrogen and oxygen atoms in total. The SMILES string of the molecule is COCCOC(=O)C1=C(C)N=c2s/c(=C/c3c(C)n(Cc4ccc(Cl)c(Cl)c4)c4ccccc34)c(=O)n2[C@H]1c1ccccc1OC(C)C. The molecule has 0 aliphatic carbocycles. The Morgan fingerprint density at radius 3 is 2.52 bits per heavy atom. The van der Waals surface area contributed by atoms with Gasteiger partial charge in [0.15, 0.2) is 4.80 Å². The molecule has 0 N–H and O–H groups in total. The number of para-hydroxylation sites is 2. The number of carbonyl (C=O) groups is 1. The van der Waals surface area contributed by atoms with E-state index < -0.39 is 12.0 Å². The molecule has 1 atom stereocenters. The maximum atomic E-state index is 14.5. The normalized spacial score (nSPS) is 14.8. The van der Waals surface area contributed by atoms with Gasteiger partial charge in [-0.05, 0) is 63.6 Å². The first-order chi connectivity index (χ1) is 23.1. The van der Waals surface area contributed by atoms with E-state index in [4.69, 9.17) is 42.4 Å². The topological polar surface area (TPSA) is 84.0 Å². The molecule has 3 heterocycles. The molecular formula is C37H35Cl2N3O5S. The molecule has 0 saturated carbocycles. The molecule has 248 valence electrons. The van der Waals surface area contributed by atoms with Gasteiger partial charge in [0.25, 0.3) is 5.56 Å². The quantitative estimate of drug-likeness (QED) is 0.118. The van der Waals surface area contributed by atoms with Crippen LogP contribution in [0.4, 0.5) is 0 Å². The molecule has 3 aromatic carbocycles. The van der Waals surface area contributed by atoms with Gasteiger partial charge in [-0.3, -0.25) is 9.36 Å². The molecule has 6 rings (SSSR count). The van der Waals surface area contributed by atoms with E-state index in [1.165, 1.54) is 18.4 Å². The van der Waals surface area contributed by atoms with Crippen molar-refractivity contribution in [3.63, 3.8) is 0 Å². The third kappa shape index (κ3) is 6.48. The average molecular weight is 705 g/mol. The molecule has 11 heteroatoms. The summed E-state index contributed by atoms with van der Waals surface area (Å²) >= 11 is 13.8. The lowest BCUT2D eigenvalue weighted by atomic mass is 9.95. The third-order valence-corrected chi connectivity index (χ3v) is 9.94.